The van der Waals surface area contributed by atoms with E-state index in [2.05, 4.69) is 28.5 Å². The standard InChI is InChI=1S/C25H27ClFN3S2/c1-2-20-15-17-14-19(27)5-6-23(17)30(20)21-8-11-29(12-9-21)10-3-13-31-25-28-22-16-18(26)4-7-24(22)32-25/h4-7,14-16,21H,2-3,8-13H2,1H3. The summed E-state index contributed by atoms with van der Waals surface area (Å²) in [6, 6.07) is 13.8. The van der Waals surface area contributed by atoms with Crippen molar-refractivity contribution in [3.63, 3.8) is 0 Å². The van der Waals surface area contributed by atoms with Gasteiger partial charge in [-0.05, 0) is 74.7 Å². The second-order valence-corrected chi connectivity index (χ2v) is 11.2. The molecule has 0 spiro atoms. The van der Waals surface area contributed by atoms with Crippen molar-refractivity contribution in [2.75, 3.05) is 25.4 Å². The molecule has 7 heteroatoms. The number of thioether (sulfide) groups is 1. The summed E-state index contributed by atoms with van der Waals surface area (Å²) in [6.45, 7) is 5.57. The van der Waals surface area contributed by atoms with Crippen LogP contribution in [0.4, 0.5) is 4.39 Å². The summed E-state index contributed by atoms with van der Waals surface area (Å²) in [5, 5.41) is 1.77. The zero-order valence-electron chi connectivity index (χ0n) is 18.2. The molecule has 168 valence electrons. The fourth-order valence-corrected chi connectivity index (χ4v) is 6.97. The Balaban J connectivity index is 1.13. The van der Waals surface area contributed by atoms with Crippen LogP contribution in [0.2, 0.25) is 5.02 Å². The average molecular weight is 488 g/mol. The Morgan fingerprint density at radius 1 is 1.16 bits per heavy atom. The number of likely N-dealkylation sites (tertiary alicyclic amines) is 1. The van der Waals surface area contributed by atoms with Gasteiger partial charge in [-0.25, -0.2) is 9.37 Å². The second kappa shape index (κ2) is 9.72. The van der Waals surface area contributed by atoms with Crippen LogP contribution in [0, 0.1) is 5.82 Å². The highest BCUT2D eigenvalue weighted by Gasteiger charge is 2.23. The summed E-state index contributed by atoms with van der Waals surface area (Å²) >= 11 is 9.67. The van der Waals surface area contributed by atoms with Gasteiger partial charge in [0.05, 0.1) is 10.2 Å². The number of halogens is 2. The Morgan fingerprint density at radius 2 is 2.00 bits per heavy atom. The van der Waals surface area contributed by atoms with Crippen molar-refractivity contribution in [3.05, 3.63) is 59.0 Å². The van der Waals surface area contributed by atoms with Gasteiger partial charge in [-0.2, -0.15) is 0 Å². The van der Waals surface area contributed by atoms with Crippen LogP contribution in [-0.4, -0.2) is 39.8 Å². The minimum Gasteiger partial charge on any atom is -0.341 e. The second-order valence-electron chi connectivity index (χ2n) is 8.43. The number of hydrogen-bond acceptors (Lipinski definition) is 4. The molecule has 1 fully saturated rings. The summed E-state index contributed by atoms with van der Waals surface area (Å²) in [5.41, 5.74) is 3.49. The van der Waals surface area contributed by atoms with E-state index in [1.165, 1.54) is 15.9 Å². The molecule has 2 aromatic heterocycles. The zero-order valence-corrected chi connectivity index (χ0v) is 20.6. The maximum absolute atomic E-state index is 13.7. The molecule has 1 saturated heterocycles. The first-order chi connectivity index (χ1) is 15.6. The lowest BCUT2D eigenvalue weighted by atomic mass is 10.0. The Bertz CT molecular complexity index is 1230. The van der Waals surface area contributed by atoms with E-state index in [-0.39, 0.29) is 5.82 Å². The third-order valence-electron chi connectivity index (χ3n) is 6.34. The number of rotatable bonds is 7. The molecule has 0 aliphatic carbocycles. The lowest BCUT2D eigenvalue weighted by molar-refractivity contribution is 0.188. The largest absolute Gasteiger partial charge is 0.341 e. The van der Waals surface area contributed by atoms with Crippen molar-refractivity contribution in [2.24, 2.45) is 0 Å². The normalized spacial score (nSPS) is 15.8. The van der Waals surface area contributed by atoms with Crippen molar-refractivity contribution < 1.29 is 4.39 Å². The average Bonchev–Trinajstić information content (AvgIpc) is 3.37. The Kier molecular flexibility index (Phi) is 6.74. The first-order valence-corrected chi connectivity index (χ1v) is 13.5. The van der Waals surface area contributed by atoms with Crippen molar-refractivity contribution in [1.82, 2.24) is 14.5 Å². The molecule has 2 aromatic carbocycles. The molecule has 3 nitrogen and oxygen atoms in total. The van der Waals surface area contributed by atoms with Crippen molar-refractivity contribution in [2.45, 2.75) is 43.0 Å². The first kappa shape index (κ1) is 22.2. The van der Waals surface area contributed by atoms with E-state index >= 15 is 0 Å². The van der Waals surface area contributed by atoms with E-state index in [9.17, 15) is 4.39 Å². The molecule has 3 heterocycles. The molecule has 0 atom stereocenters. The van der Waals surface area contributed by atoms with Crippen LogP contribution >= 0.6 is 34.7 Å². The molecule has 0 unspecified atom stereocenters. The molecule has 0 saturated carbocycles. The lowest BCUT2D eigenvalue weighted by Crippen LogP contribution is -2.35. The van der Waals surface area contributed by atoms with Gasteiger partial charge >= 0.3 is 0 Å². The van der Waals surface area contributed by atoms with Gasteiger partial charge in [0.1, 0.15) is 5.82 Å². The van der Waals surface area contributed by atoms with E-state index in [1.807, 2.05) is 30.0 Å². The van der Waals surface area contributed by atoms with E-state index in [4.69, 9.17) is 16.6 Å². The molecule has 1 aliphatic heterocycles. The first-order valence-electron chi connectivity index (χ1n) is 11.3. The van der Waals surface area contributed by atoms with Gasteiger partial charge in [0.25, 0.3) is 0 Å². The predicted octanol–water partition coefficient (Wildman–Crippen LogP) is 7.43. The Morgan fingerprint density at radius 3 is 2.81 bits per heavy atom. The van der Waals surface area contributed by atoms with Gasteiger partial charge in [-0.3, -0.25) is 0 Å². The summed E-state index contributed by atoms with van der Waals surface area (Å²) in [6.07, 6.45) is 4.45. The maximum atomic E-state index is 13.7. The summed E-state index contributed by atoms with van der Waals surface area (Å²) in [7, 11) is 0. The number of thiazole rings is 1. The molecule has 4 aromatic rings. The third-order valence-corrected chi connectivity index (χ3v) is 8.84. The van der Waals surface area contributed by atoms with Crippen molar-refractivity contribution in [3.8, 4) is 0 Å². The number of aryl methyl sites for hydroxylation is 1. The van der Waals surface area contributed by atoms with E-state index in [1.54, 1.807) is 23.5 Å². The number of aromatic nitrogens is 2. The van der Waals surface area contributed by atoms with E-state index in [0.717, 1.165) is 71.3 Å². The van der Waals surface area contributed by atoms with Crippen LogP contribution < -0.4 is 0 Å². The van der Waals surface area contributed by atoms with Crippen LogP contribution in [0.1, 0.15) is 37.9 Å². The molecule has 0 bridgehead atoms. The molecule has 1 aliphatic rings. The Labute approximate surface area is 201 Å². The lowest BCUT2D eigenvalue weighted by Gasteiger charge is -2.34. The fourth-order valence-electron chi connectivity index (χ4n) is 4.76. The van der Waals surface area contributed by atoms with Gasteiger partial charge in [-0.1, -0.05) is 30.3 Å². The minimum atomic E-state index is -0.153. The van der Waals surface area contributed by atoms with Crippen LogP contribution in [0.5, 0.6) is 0 Å². The van der Waals surface area contributed by atoms with Gasteiger partial charge in [0, 0.05) is 46.5 Å². The smallest absolute Gasteiger partial charge is 0.151 e. The SMILES string of the molecule is CCc1cc2cc(F)ccc2n1C1CCN(CCCSc2nc3cc(Cl)ccc3s2)CC1. The van der Waals surface area contributed by atoms with Crippen LogP contribution in [0.25, 0.3) is 21.1 Å². The summed E-state index contributed by atoms with van der Waals surface area (Å²) in [4.78, 5) is 7.29. The maximum Gasteiger partial charge on any atom is 0.151 e. The van der Waals surface area contributed by atoms with E-state index < -0.39 is 0 Å². The number of nitrogens with zero attached hydrogens (tertiary/aromatic N) is 3. The van der Waals surface area contributed by atoms with Crippen LogP contribution in [0.15, 0.2) is 46.8 Å². The van der Waals surface area contributed by atoms with Crippen molar-refractivity contribution >= 4 is 55.8 Å². The molecule has 0 amide bonds. The van der Waals surface area contributed by atoms with Gasteiger partial charge in [-0.15, -0.1) is 11.3 Å². The number of benzene rings is 2. The van der Waals surface area contributed by atoms with Crippen molar-refractivity contribution in [1.29, 1.82) is 0 Å². The quantitative estimate of drug-likeness (QED) is 0.200. The highest BCUT2D eigenvalue weighted by molar-refractivity contribution is 8.01. The van der Waals surface area contributed by atoms with Crippen LogP contribution in [0.3, 0.4) is 0 Å². The summed E-state index contributed by atoms with van der Waals surface area (Å²) in [5.74, 6) is 0.931. The Hall–Kier alpha value is -1.60. The fraction of sp³-hybridized carbons (Fsp3) is 0.400. The molecular weight excluding hydrogens is 461 g/mol. The molecule has 5 rings (SSSR count). The molecule has 32 heavy (non-hydrogen) atoms. The summed E-state index contributed by atoms with van der Waals surface area (Å²) < 4.78 is 18.5. The minimum absolute atomic E-state index is 0.153. The van der Waals surface area contributed by atoms with Gasteiger partial charge in [0.2, 0.25) is 0 Å². The topological polar surface area (TPSA) is 21.1 Å². The monoisotopic (exact) mass is 487 g/mol. The van der Waals surface area contributed by atoms with Gasteiger partial charge < -0.3 is 9.47 Å². The number of piperidine rings is 1. The van der Waals surface area contributed by atoms with Gasteiger partial charge in [0.15, 0.2) is 4.34 Å². The molecular formula is C25H27ClFN3S2. The highest BCUT2D eigenvalue weighted by Crippen LogP contribution is 2.33. The number of hydrogen-bond donors (Lipinski definition) is 0. The highest BCUT2D eigenvalue weighted by atomic mass is 35.5. The van der Waals surface area contributed by atoms with E-state index in [0.29, 0.717) is 6.04 Å². The zero-order chi connectivity index (χ0) is 22.1. The number of fused-ring (bicyclic) bond motifs is 2. The third kappa shape index (κ3) is 4.69. The molecule has 0 N–H and O–H groups in total. The van der Waals surface area contributed by atoms with Crippen LogP contribution in [-0.2, 0) is 6.42 Å². The molecule has 0 radical (unpaired) electrons. The predicted molar refractivity (Wildman–Crippen MR) is 136 cm³/mol.